The maximum absolute atomic E-state index is 5.66. The molecule has 0 saturated carbocycles. The van der Waals surface area contributed by atoms with Gasteiger partial charge < -0.3 is 14.9 Å². The standard InChI is InChI=1S/C39H36BN3/c1-25-18-20-33-29(23-25)27-12-8-14-31-38(27)42(33)35-16-10-17-36-37(35)40(31)32-15-9-13-28-30-24-26(11-6-4-2-3-5-7-22-41)19-21-34(30)43(36)39(28)32/h8-10,12-21,23-24H,2-7,11,22,41H2,1H3. The van der Waals surface area contributed by atoms with E-state index in [2.05, 4.69) is 107 Å². The van der Waals surface area contributed by atoms with Crippen LogP contribution in [0.25, 0.3) is 55.0 Å². The third-order valence-corrected chi connectivity index (χ3v) is 10.2. The Hall–Kier alpha value is -4.28. The number of unbranched alkanes of at least 4 members (excludes halogenated alkanes) is 5. The molecule has 210 valence electrons. The third kappa shape index (κ3) is 3.53. The fourth-order valence-electron chi connectivity index (χ4n) is 8.36. The molecule has 3 nitrogen and oxygen atoms in total. The molecule has 0 radical (unpaired) electrons. The highest BCUT2D eigenvalue weighted by molar-refractivity contribution is 7.00. The normalized spacial score (nSPS) is 13.1. The number of aryl methyl sites for hydroxylation is 2. The van der Waals surface area contributed by atoms with E-state index in [1.165, 1.54) is 115 Å². The van der Waals surface area contributed by atoms with Gasteiger partial charge in [0.25, 0.3) is 6.71 Å². The van der Waals surface area contributed by atoms with Gasteiger partial charge in [-0.3, -0.25) is 0 Å². The lowest BCUT2D eigenvalue weighted by molar-refractivity contribution is 0.597. The molecule has 5 aromatic carbocycles. The van der Waals surface area contributed by atoms with Crippen LogP contribution in [-0.2, 0) is 6.42 Å². The molecule has 0 atom stereocenters. The van der Waals surface area contributed by atoms with Crippen molar-refractivity contribution in [2.45, 2.75) is 51.9 Å². The van der Waals surface area contributed by atoms with E-state index in [1.807, 2.05) is 0 Å². The first-order chi connectivity index (χ1) is 21.2. The Kier molecular flexibility index (Phi) is 5.65. The minimum atomic E-state index is 0.215. The summed E-state index contributed by atoms with van der Waals surface area (Å²) in [4.78, 5) is 0. The van der Waals surface area contributed by atoms with E-state index in [9.17, 15) is 0 Å². The largest absolute Gasteiger partial charge is 0.330 e. The van der Waals surface area contributed by atoms with Crippen LogP contribution >= 0.6 is 0 Å². The average molecular weight is 558 g/mol. The van der Waals surface area contributed by atoms with Crippen molar-refractivity contribution in [3.05, 3.63) is 102 Å². The van der Waals surface area contributed by atoms with Crippen molar-refractivity contribution < 1.29 is 0 Å². The summed E-state index contributed by atoms with van der Waals surface area (Å²) in [6.45, 7) is 3.23. The maximum Gasteiger partial charge on any atom is 0.252 e. The monoisotopic (exact) mass is 557 g/mol. The number of hydrogen-bond acceptors (Lipinski definition) is 1. The number of aromatic nitrogens is 2. The van der Waals surface area contributed by atoms with E-state index in [1.54, 1.807) is 0 Å². The fourth-order valence-corrected chi connectivity index (χ4v) is 8.36. The smallest absolute Gasteiger partial charge is 0.252 e. The molecule has 2 aliphatic rings. The van der Waals surface area contributed by atoms with Crippen LogP contribution in [0.2, 0.25) is 0 Å². The zero-order valence-electron chi connectivity index (χ0n) is 24.9. The third-order valence-electron chi connectivity index (χ3n) is 10.2. The first-order valence-electron chi connectivity index (χ1n) is 16.2. The predicted octanol–water partition coefficient (Wildman–Crippen LogP) is 7.17. The SMILES string of the molecule is Cc1ccc2c(c1)c1cccc3c1n2-c1cccc2c1B3c1cccc3c4cc(CCCCCCCCN)ccc4n-2c13. The molecular formula is C39H36BN3. The molecule has 43 heavy (non-hydrogen) atoms. The van der Waals surface area contributed by atoms with Gasteiger partial charge in [0.05, 0.1) is 11.0 Å². The van der Waals surface area contributed by atoms with Gasteiger partial charge in [0.1, 0.15) is 0 Å². The summed E-state index contributed by atoms with van der Waals surface area (Å²) >= 11 is 0. The van der Waals surface area contributed by atoms with Crippen LogP contribution in [0.4, 0.5) is 0 Å². The lowest BCUT2D eigenvalue weighted by Crippen LogP contribution is -2.59. The summed E-state index contributed by atoms with van der Waals surface area (Å²) in [5.74, 6) is 0. The number of fused-ring (bicyclic) bond motifs is 10. The second kappa shape index (κ2) is 9.62. The summed E-state index contributed by atoms with van der Waals surface area (Å²) < 4.78 is 5.11. The minimum Gasteiger partial charge on any atom is -0.330 e. The van der Waals surface area contributed by atoms with Crippen molar-refractivity contribution in [1.29, 1.82) is 0 Å². The van der Waals surface area contributed by atoms with Gasteiger partial charge in [0, 0.05) is 44.0 Å². The highest BCUT2D eigenvalue weighted by atomic mass is 15.0. The molecule has 0 spiro atoms. The maximum atomic E-state index is 5.66. The van der Waals surface area contributed by atoms with E-state index < -0.39 is 0 Å². The van der Waals surface area contributed by atoms with E-state index in [0.29, 0.717) is 0 Å². The highest BCUT2D eigenvalue weighted by Crippen LogP contribution is 2.39. The molecule has 0 fully saturated rings. The van der Waals surface area contributed by atoms with Crippen LogP contribution in [-0.4, -0.2) is 22.4 Å². The molecular weight excluding hydrogens is 521 g/mol. The van der Waals surface area contributed by atoms with Gasteiger partial charge in [0.15, 0.2) is 0 Å². The van der Waals surface area contributed by atoms with Gasteiger partial charge in [-0.05, 0) is 91.1 Å². The van der Waals surface area contributed by atoms with Gasteiger partial charge in [-0.15, -0.1) is 0 Å². The number of rotatable bonds is 8. The molecule has 0 amide bonds. The minimum absolute atomic E-state index is 0.215. The van der Waals surface area contributed by atoms with Crippen LogP contribution in [0, 0.1) is 6.92 Å². The molecule has 0 aliphatic carbocycles. The van der Waals surface area contributed by atoms with E-state index in [-0.39, 0.29) is 6.71 Å². The number of benzene rings is 5. The van der Waals surface area contributed by atoms with Crippen LogP contribution in [0.1, 0.15) is 49.7 Å². The number of nitrogens with zero attached hydrogens (tertiary/aromatic N) is 2. The Morgan fingerprint density at radius 1 is 0.581 bits per heavy atom. The van der Waals surface area contributed by atoms with Crippen LogP contribution < -0.4 is 22.1 Å². The molecule has 0 saturated heterocycles. The summed E-state index contributed by atoms with van der Waals surface area (Å²) in [7, 11) is 0. The summed E-state index contributed by atoms with van der Waals surface area (Å²) in [6.07, 6.45) is 8.75. The van der Waals surface area contributed by atoms with Crippen LogP contribution in [0.15, 0.2) is 91.0 Å². The van der Waals surface area contributed by atoms with Crippen LogP contribution in [0.5, 0.6) is 0 Å². The van der Waals surface area contributed by atoms with Gasteiger partial charge in [0.2, 0.25) is 0 Å². The second-order valence-corrected chi connectivity index (χ2v) is 12.8. The topological polar surface area (TPSA) is 35.9 Å². The Labute approximate surface area is 253 Å². The fraction of sp³-hybridized carbons (Fsp3) is 0.231. The summed E-state index contributed by atoms with van der Waals surface area (Å²) in [6, 6.07) is 35.1. The predicted molar refractivity (Wildman–Crippen MR) is 185 cm³/mol. The summed E-state index contributed by atoms with van der Waals surface area (Å²) in [5.41, 5.74) is 20.7. The Bertz CT molecular complexity index is 2230. The molecule has 9 rings (SSSR count). The Morgan fingerprint density at radius 2 is 1.16 bits per heavy atom. The average Bonchev–Trinajstić information content (AvgIpc) is 3.54. The van der Waals surface area contributed by atoms with Gasteiger partial charge in [-0.25, -0.2) is 0 Å². The quantitative estimate of drug-likeness (QED) is 0.156. The summed E-state index contributed by atoms with van der Waals surface area (Å²) in [5, 5.41) is 5.46. The van der Waals surface area contributed by atoms with Gasteiger partial charge in [-0.1, -0.05) is 85.8 Å². The molecule has 2 aliphatic heterocycles. The van der Waals surface area contributed by atoms with Crippen molar-refractivity contribution >= 4 is 66.7 Å². The first kappa shape index (κ1) is 25.2. The lowest BCUT2D eigenvalue weighted by Gasteiger charge is -2.33. The Balaban J connectivity index is 1.23. The number of para-hydroxylation sites is 2. The molecule has 4 heteroatoms. The van der Waals surface area contributed by atoms with Crippen molar-refractivity contribution in [2.24, 2.45) is 5.73 Å². The van der Waals surface area contributed by atoms with E-state index >= 15 is 0 Å². The second-order valence-electron chi connectivity index (χ2n) is 12.8. The number of nitrogens with two attached hydrogens (primary N) is 1. The van der Waals surface area contributed by atoms with Gasteiger partial charge in [-0.2, -0.15) is 0 Å². The van der Waals surface area contributed by atoms with Crippen molar-refractivity contribution in [2.75, 3.05) is 6.54 Å². The van der Waals surface area contributed by atoms with Gasteiger partial charge >= 0.3 is 0 Å². The van der Waals surface area contributed by atoms with Crippen molar-refractivity contribution in [3.8, 4) is 11.4 Å². The molecule has 0 unspecified atom stereocenters. The molecule has 4 heterocycles. The molecule has 7 aromatic rings. The molecule has 0 bridgehead atoms. The molecule has 2 N–H and O–H groups in total. The van der Waals surface area contributed by atoms with Crippen LogP contribution in [0.3, 0.4) is 0 Å². The molecule has 2 aromatic heterocycles. The number of hydrogen-bond donors (Lipinski definition) is 1. The zero-order valence-corrected chi connectivity index (χ0v) is 24.9. The van der Waals surface area contributed by atoms with E-state index in [4.69, 9.17) is 5.73 Å². The lowest BCUT2D eigenvalue weighted by atomic mass is 9.34. The highest BCUT2D eigenvalue weighted by Gasteiger charge is 2.40. The first-order valence-corrected chi connectivity index (χ1v) is 16.2. The zero-order chi connectivity index (χ0) is 28.7. The van der Waals surface area contributed by atoms with Crippen molar-refractivity contribution in [3.63, 3.8) is 0 Å². The van der Waals surface area contributed by atoms with Crippen molar-refractivity contribution in [1.82, 2.24) is 9.13 Å². The Morgan fingerprint density at radius 3 is 1.84 bits per heavy atom. The van der Waals surface area contributed by atoms with E-state index in [0.717, 1.165) is 19.4 Å².